The molecule has 138 valence electrons. The molecule has 26 heavy (non-hydrogen) atoms. The molecule has 1 N–H and O–H groups in total. The van der Waals surface area contributed by atoms with Gasteiger partial charge in [-0.15, -0.1) is 0 Å². The summed E-state index contributed by atoms with van der Waals surface area (Å²) in [5.74, 6) is -0.536. The fourth-order valence-electron chi connectivity index (χ4n) is 2.15. The zero-order valence-corrected chi connectivity index (χ0v) is 15.0. The van der Waals surface area contributed by atoms with Crippen molar-refractivity contribution in [3.8, 4) is 5.75 Å². The molecule has 0 atom stereocenters. The predicted octanol–water partition coefficient (Wildman–Crippen LogP) is 2.80. The van der Waals surface area contributed by atoms with E-state index >= 15 is 0 Å². The van der Waals surface area contributed by atoms with Crippen LogP contribution in [0.3, 0.4) is 0 Å². The van der Waals surface area contributed by atoms with E-state index in [2.05, 4.69) is 11.9 Å². The van der Waals surface area contributed by atoms with Crippen LogP contribution in [0.2, 0.25) is 0 Å². The summed E-state index contributed by atoms with van der Waals surface area (Å²) in [6.07, 6.45) is 2.57. The summed E-state index contributed by atoms with van der Waals surface area (Å²) in [5.41, 5.74) is 0.560. The molecule has 0 unspecified atom stereocenters. The normalized spacial score (nSPS) is 10.8. The molecular weight excluding hydrogens is 359 g/mol. The molecule has 0 saturated heterocycles. The minimum absolute atomic E-state index is 0.0795. The molecule has 0 aliphatic heterocycles. The fourth-order valence-corrected chi connectivity index (χ4v) is 3.00. The number of halogens is 1. The lowest BCUT2D eigenvalue weighted by atomic mass is 10.3. The van der Waals surface area contributed by atoms with Crippen LogP contribution in [-0.2, 0) is 14.8 Å². The SMILES string of the molecule is C=CCOc1ccc(NC(=O)CN(c2cccc(F)c2)S(C)(=O)=O)cc1. The highest BCUT2D eigenvalue weighted by molar-refractivity contribution is 7.92. The number of anilines is 2. The Bertz CT molecular complexity index is 882. The van der Waals surface area contributed by atoms with Gasteiger partial charge in [-0.3, -0.25) is 9.10 Å². The molecule has 6 nitrogen and oxygen atoms in total. The van der Waals surface area contributed by atoms with Gasteiger partial charge in [0, 0.05) is 5.69 Å². The first-order chi connectivity index (χ1) is 12.3. The van der Waals surface area contributed by atoms with Crippen LogP contribution in [0.5, 0.6) is 5.75 Å². The Kier molecular flexibility index (Phi) is 6.35. The Hall–Kier alpha value is -2.87. The molecule has 2 aromatic carbocycles. The Morgan fingerprint density at radius 1 is 1.27 bits per heavy atom. The number of hydrogen-bond acceptors (Lipinski definition) is 4. The minimum Gasteiger partial charge on any atom is -0.490 e. The van der Waals surface area contributed by atoms with Gasteiger partial charge in [0.25, 0.3) is 0 Å². The minimum atomic E-state index is -3.76. The van der Waals surface area contributed by atoms with Crippen LogP contribution < -0.4 is 14.4 Å². The van der Waals surface area contributed by atoms with E-state index in [1.165, 1.54) is 18.2 Å². The summed E-state index contributed by atoms with van der Waals surface area (Å²) in [5, 5.41) is 2.60. The Morgan fingerprint density at radius 3 is 2.54 bits per heavy atom. The lowest BCUT2D eigenvalue weighted by Gasteiger charge is -2.22. The molecular formula is C18H19FN2O4S. The van der Waals surface area contributed by atoms with Gasteiger partial charge < -0.3 is 10.1 Å². The molecule has 0 fully saturated rings. The van der Waals surface area contributed by atoms with E-state index < -0.39 is 28.3 Å². The maximum atomic E-state index is 13.4. The zero-order chi connectivity index (χ0) is 19.2. The number of carbonyl (C=O) groups excluding carboxylic acids is 1. The third kappa shape index (κ3) is 5.59. The number of benzene rings is 2. The van der Waals surface area contributed by atoms with E-state index in [4.69, 9.17) is 4.74 Å². The monoisotopic (exact) mass is 378 g/mol. The lowest BCUT2D eigenvalue weighted by molar-refractivity contribution is -0.114. The van der Waals surface area contributed by atoms with Crippen LogP contribution in [-0.4, -0.2) is 33.7 Å². The number of rotatable bonds is 8. The van der Waals surface area contributed by atoms with Crippen molar-refractivity contribution in [3.63, 3.8) is 0 Å². The molecule has 2 aromatic rings. The summed E-state index contributed by atoms with van der Waals surface area (Å²) < 4.78 is 43.5. The van der Waals surface area contributed by atoms with Gasteiger partial charge in [-0.25, -0.2) is 12.8 Å². The van der Waals surface area contributed by atoms with Gasteiger partial charge in [0.1, 0.15) is 24.7 Å². The highest BCUT2D eigenvalue weighted by atomic mass is 32.2. The standard InChI is InChI=1S/C18H19FN2O4S/c1-3-11-25-17-9-7-15(8-10-17)20-18(22)13-21(26(2,23)24)16-6-4-5-14(19)12-16/h3-10,12H,1,11,13H2,2H3,(H,20,22). The molecule has 1 amide bonds. The van der Waals surface area contributed by atoms with Gasteiger partial charge in [0.2, 0.25) is 15.9 Å². The summed E-state index contributed by atoms with van der Waals surface area (Å²) in [7, 11) is -3.76. The largest absolute Gasteiger partial charge is 0.490 e. The molecule has 0 saturated carbocycles. The second-order valence-electron chi connectivity index (χ2n) is 5.42. The quantitative estimate of drug-likeness (QED) is 0.717. The molecule has 0 bridgehead atoms. The Labute approximate surface area is 151 Å². The van der Waals surface area contributed by atoms with E-state index in [1.807, 2.05) is 0 Å². The third-order valence-corrected chi connectivity index (χ3v) is 4.43. The topological polar surface area (TPSA) is 75.7 Å². The summed E-state index contributed by atoms with van der Waals surface area (Å²) in [4.78, 5) is 12.2. The molecule has 2 rings (SSSR count). The van der Waals surface area contributed by atoms with E-state index in [0.29, 0.717) is 18.0 Å². The van der Waals surface area contributed by atoms with E-state index in [9.17, 15) is 17.6 Å². The van der Waals surface area contributed by atoms with E-state index in [1.54, 1.807) is 30.3 Å². The summed E-state index contributed by atoms with van der Waals surface area (Å²) in [6, 6.07) is 11.6. The van der Waals surface area contributed by atoms with E-state index in [-0.39, 0.29) is 5.69 Å². The highest BCUT2D eigenvalue weighted by Gasteiger charge is 2.21. The first-order valence-corrected chi connectivity index (χ1v) is 9.51. The van der Waals surface area contributed by atoms with E-state index in [0.717, 1.165) is 16.6 Å². The fraction of sp³-hybridized carbons (Fsp3) is 0.167. The van der Waals surface area contributed by atoms with Crippen LogP contribution in [0.15, 0.2) is 61.2 Å². The highest BCUT2D eigenvalue weighted by Crippen LogP contribution is 2.19. The number of amides is 1. The van der Waals surface area contributed by atoms with Crippen molar-refractivity contribution in [2.24, 2.45) is 0 Å². The average Bonchev–Trinajstić information content (AvgIpc) is 2.58. The number of nitrogens with one attached hydrogen (secondary N) is 1. The zero-order valence-electron chi connectivity index (χ0n) is 14.2. The molecule has 0 aromatic heterocycles. The van der Waals surface area contributed by atoms with Gasteiger partial charge in [0.15, 0.2) is 0 Å². The molecule has 0 spiro atoms. The Morgan fingerprint density at radius 2 is 1.96 bits per heavy atom. The first kappa shape index (κ1) is 19.5. The number of carbonyl (C=O) groups is 1. The lowest BCUT2D eigenvalue weighted by Crippen LogP contribution is -2.37. The molecule has 0 heterocycles. The maximum absolute atomic E-state index is 13.4. The first-order valence-electron chi connectivity index (χ1n) is 7.66. The van der Waals surface area contributed by atoms with Crippen molar-refractivity contribution >= 4 is 27.3 Å². The van der Waals surface area contributed by atoms with Gasteiger partial charge >= 0.3 is 0 Å². The van der Waals surface area contributed by atoms with Gasteiger partial charge in [-0.2, -0.15) is 0 Å². The third-order valence-electron chi connectivity index (χ3n) is 3.29. The van der Waals surface area contributed by atoms with Crippen molar-refractivity contribution in [1.29, 1.82) is 0 Å². The predicted molar refractivity (Wildman–Crippen MR) is 99.4 cm³/mol. The number of ether oxygens (including phenoxy) is 1. The number of hydrogen-bond donors (Lipinski definition) is 1. The van der Waals surface area contributed by atoms with Crippen molar-refractivity contribution in [2.45, 2.75) is 0 Å². The molecule has 0 aliphatic rings. The van der Waals surface area contributed by atoms with Crippen LogP contribution in [0.4, 0.5) is 15.8 Å². The van der Waals surface area contributed by atoms with Crippen molar-refractivity contribution < 1.29 is 22.3 Å². The van der Waals surface area contributed by atoms with Crippen molar-refractivity contribution in [3.05, 3.63) is 67.0 Å². The molecule has 0 radical (unpaired) electrons. The van der Waals surface area contributed by atoms with Crippen LogP contribution in [0.1, 0.15) is 0 Å². The number of sulfonamides is 1. The van der Waals surface area contributed by atoms with Crippen LogP contribution in [0, 0.1) is 5.82 Å². The molecule has 8 heteroatoms. The Balaban J connectivity index is 2.09. The van der Waals surface area contributed by atoms with Crippen LogP contribution in [0.25, 0.3) is 0 Å². The van der Waals surface area contributed by atoms with Crippen molar-refractivity contribution in [1.82, 2.24) is 0 Å². The number of nitrogens with zero attached hydrogens (tertiary/aromatic N) is 1. The average molecular weight is 378 g/mol. The van der Waals surface area contributed by atoms with Gasteiger partial charge in [0.05, 0.1) is 11.9 Å². The van der Waals surface area contributed by atoms with Gasteiger partial charge in [-0.05, 0) is 42.5 Å². The summed E-state index contributed by atoms with van der Waals surface area (Å²) in [6.45, 7) is 3.44. The maximum Gasteiger partial charge on any atom is 0.245 e. The second kappa shape index (κ2) is 8.48. The smallest absolute Gasteiger partial charge is 0.245 e. The molecule has 0 aliphatic carbocycles. The summed E-state index contributed by atoms with van der Waals surface area (Å²) >= 11 is 0. The van der Waals surface area contributed by atoms with Gasteiger partial charge in [-0.1, -0.05) is 18.7 Å². The van der Waals surface area contributed by atoms with Crippen LogP contribution >= 0.6 is 0 Å². The second-order valence-corrected chi connectivity index (χ2v) is 7.33. The van der Waals surface area contributed by atoms with Crippen molar-refractivity contribution in [2.75, 3.05) is 29.0 Å².